The van der Waals surface area contributed by atoms with Crippen LogP contribution in [-0.4, -0.2) is 56.0 Å². The number of guanidine groups is 1. The number of allylic oxidation sites excluding steroid dienone is 2. The van der Waals surface area contributed by atoms with Crippen LogP contribution in [0, 0.1) is 23.7 Å². The normalized spacial score (nSPS) is 27.5. The standard InChI is InChI=1S/C21H25ClN4O3/c1-23-21(25-9-11-29-16-5-3-2-4-15(16)22)24-8-10-26-19(27)17-13-6-7-14(12-13)18(17)20(26)28/h2-7,13-14,17-18H,8-12H2,1H3,(H2,23,24,25). The van der Waals surface area contributed by atoms with E-state index in [9.17, 15) is 9.59 Å². The Morgan fingerprint density at radius 1 is 1.14 bits per heavy atom. The fourth-order valence-corrected chi connectivity index (χ4v) is 4.77. The molecule has 2 amide bonds. The summed E-state index contributed by atoms with van der Waals surface area (Å²) < 4.78 is 5.63. The van der Waals surface area contributed by atoms with Gasteiger partial charge in [0.15, 0.2) is 5.96 Å². The van der Waals surface area contributed by atoms with Gasteiger partial charge in [0.25, 0.3) is 0 Å². The van der Waals surface area contributed by atoms with E-state index in [1.165, 1.54) is 4.90 Å². The number of benzene rings is 1. The zero-order valence-corrected chi connectivity index (χ0v) is 17.1. The van der Waals surface area contributed by atoms with Crippen molar-refractivity contribution in [2.45, 2.75) is 6.42 Å². The van der Waals surface area contributed by atoms with Crippen LogP contribution in [-0.2, 0) is 9.59 Å². The lowest BCUT2D eigenvalue weighted by atomic mass is 9.85. The van der Waals surface area contributed by atoms with Crippen molar-refractivity contribution in [1.29, 1.82) is 0 Å². The molecule has 29 heavy (non-hydrogen) atoms. The largest absolute Gasteiger partial charge is 0.490 e. The first-order valence-corrected chi connectivity index (χ1v) is 10.3. The van der Waals surface area contributed by atoms with Crippen molar-refractivity contribution in [1.82, 2.24) is 15.5 Å². The number of imide groups is 1. The van der Waals surface area contributed by atoms with Gasteiger partial charge >= 0.3 is 0 Å². The van der Waals surface area contributed by atoms with Crippen LogP contribution in [0.4, 0.5) is 0 Å². The van der Waals surface area contributed by atoms with E-state index in [4.69, 9.17) is 16.3 Å². The van der Waals surface area contributed by atoms with E-state index in [2.05, 4.69) is 27.8 Å². The zero-order valence-electron chi connectivity index (χ0n) is 16.3. The summed E-state index contributed by atoms with van der Waals surface area (Å²) in [5, 5.41) is 6.86. The minimum atomic E-state index is -0.142. The van der Waals surface area contributed by atoms with Gasteiger partial charge in [-0.2, -0.15) is 0 Å². The first kappa shape index (κ1) is 19.8. The fourth-order valence-electron chi connectivity index (χ4n) is 4.58. The van der Waals surface area contributed by atoms with Crippen LogP contribution in [0.5, 0.6) is 5.75 Å². The third-order valence-corrected chi connectivity index (χ3v) is 6.21. The molecular weight excluding hydrogens is 392 g/mol. The van der Waals surface area contributed by atoms with Gasteiger partial charge in [-0.25, -0.2) is 0 Å². The van der Waals surface area contributed by atoms with Gasteiger partial charge in [0.05, 0.1) is 23.4 Å². The van der Waals surface area contributed by atoms with Crippen molar-refractivity contribution >= 4 is 29.4 Å². The topological polar surface area (TPSA) is 83.0 Å². The molecule has 2 aliphatic carbocycles. The number of hydrogen-bond acceptors (Lipinski definition) is 4. The number of fused-ring (bicyclic) bond motifs is 5. The Balaban J connectivity index is 1.19. The Labute approximate surface area is 175 Å². The van der Waals surface area contributed by atoms with Crippen molar-refractivity contribution in [2.24, 2.45) is 28.7 Å². The van der Waals surface area contributed by atoms with Crippen LogP contribution in [0.1, 0.15) is 6.42 Å². The quantitative estimate of drug-likeness (QED) is 0.232. The number of amides is 2. The molecule has 1 saturated carbocycles. The first-order chi connectivity index (χ1) is 14.1. The number of likely N-dealkylation sites (tertiary alicyclic amines) is 1. The number of para-hydroxylation sites is 1. The van der Waals surface area contributed by atoms with Gasteiger partial charge < -0.3 is 15.4 Å². The van der Waals surface area contributed by atoms with Crippen molar-refractivity contribution in [2.75, 3.05) is 33.3 Å². The second-order valence-electron chi connectivity index (χ2n) is 7.53. The van der Waals surface area contributed by atoms with Crippen LogP contribution in [0.3, 0.4) is 0 Å². The molecule has 8 heteroatoms. The molecule has 4 atom stereocenters. The van der Waals surface area contributed by atoms with Gasteiger partial charge in [0, 0.05) is 20.1 Å². The van der Waals surface area contributed by atoms with Gasteiger partial charge in [-0.3, -0.25) is 19.5 Å². The molecule has 0 spiro atoms. The maximum Gasteiger partial charge on any atom is 0.233 e. The van der Waals surface area contributed by atoms with Gasteiger partial charge in [-0.1, -0.05) is 35.9 Å². The Bertz CT molecular complexity index is 826. The molecule has 3 aliphatic rings. The van der Waals surface area contributed by atoms with Gasteiger partial charge in [0.1, 0.15) is 12.4 Å². The van der Waals surface area contributed by atoms with E-state index < -0.39 is 0 Å². The summed E-state index contributed by atoms with van der Waals surface area (Å²) in [6.45, 7) is 1.75. The Morgan fingerprint density at radius 2 is 1.79 bits per heavy atom. The minimum Gasteiger partial charge on any atom is -0.490 e. The number of ether oxygens (including phenoxy) is 1. The molecule has 4 unspecified atom stereocenters. The molecule has 0 aromatic heterocycles. The van der Waals surface area contributed by atoms with E-state index >= 15 is 0 Å². The lowest BCUT2D eigenvalue weighted by Crippen LogP contribution is -2.44. The highest BCUT2D eigenvalue weighted by molar-refractivity contribution is 6.32. The van der Waals surface area contributed by atoms with Gasteiger partial charge in [-0.15, -0.1) is 0 Å². The van der Waals surface area contributed by atoms with Crippen LogP contribution >= 0.6 is 11.6 Å². The van der Waals surface area contributed by atoms with Crippen molar-refractivity contribution in [3.63, 3.8) is 0 Å². The number of rotatable bonds is 7. The monoisotopic (exact) mass is 416 g/mol. The SMILES string of the molecule is CN=C(NCCOc1ccccc1Cl)NCCN1C(=O)C2C3C=CC(C3)C2C1=O. The molecule has 2 N–H and O–H groups in total. The smallest absolute Gasteiger partial charge is 0.233 e. The summed E-state index contributed by atoms with van der Waals surface area (Å²) in [6, 6.07) is 7.31. The van der Waals surface area contributed by atoms with E-state index in [0.29, 0.717) is 43.0 Å². The summed E-state index contributed by atoms with van der Waals surface area (Å²) in [4.78, 5) is 30.9. The number of nitrogens with zero attached hydrogens (tertiary/aromatic N) is 2. The van der Waals surface area contributed by atoms with Crippen molar-refractivity contribution in [3.8, 4) is 5.75 Å². The second-order valence-corrected chi connectivity index (χ2v) is 7.94. The van der Waals surface area contributed by atoms with Crippen molar-refractivity contribution < 1.29 is 14.3 Å². The highest BCUT2D eigenvalue weighted by Gasteiger charge is 2.58. The zero-order chi connectivity index (χ0) is 20.4. The highest BCUT2D eigenvalue weighted by Crippen LogP contribution is 2.52. The summed E-state index contributed by atoms with van der Waals surface area (Å²) >= 11 is 6.06. The summed E-state index contributed by atoms with van der Waals surface area (Å²) in [6.07, 6.45) is 5.16. The van der Waals surface area contributed by atoms with Crippen LogP contribution in [0.15, 0.2) is 41.4 Å². The van der Waals surface area contributed by atoms with E-state index in [1.807, 2.05) is 18.2 Å². The van der Waals surface area contributed by atoms with Crippen LogP contribution in [0.2, 0.25) is 5.02 Å². The Hall–Kier alpha value is -2.54. The third-order valence-electron chi connectivity index (χ3n) is 5.90. The van der Waals surface area contributed by atoms with E-state index in [0.717, 1.165) is 6.42 Å². The lowest BCUT2D eigenvalue weighted by Gasteiger charge is -2.18. The van der Waals surface area contributed by atoms with Crippen molar-refractivity contribution in [3.05, 3.63) is 41.4 Å². The predicted molar refractivity (Wildman–Crippen MR) is 111 cm³/mol. The molecule has 4 rings (SSSR count). The molecular formula is C21H25ClN4O3. The van der Waals surface area contributed by atoms with Gasteiger partial charge in [-0.05, 0) is 30.4 Å². The van der Waals surface area contributed by atoms with E-state index in [1.54, 1.807) is 13.1 Å². The number of halogens is 1. The number of hydrogen-bond donors (Lipinski definition) is 2. The Kier molecular flexibility index (Phi) is 5.76. The van der Waals surface area contributed by atoms with Crippen LogP contribution in [0.25, 0.3) is 0 Å². The first-order valence-electron chi connectivity index (χ1n) is 9.95. The summed E-state index contributed by atoms with van der Waals surface area (Å²) in [5.74, 6) is 1.39. The molecule has 1 saturated heterocycles. The molecule has 2 fully saturated rings. The maximum atomic E-state index is 12.7. The molecule has 154 valence electrons. The maximum absolute atomic E-state index is 12.7. The molecule has 0 radical (unpaired) electrons. The number of nitrogens with one attached hydrogen (secondary N) is 2. The molecule has 1 aromatic rings. The molecule has 2 bridgehead atoms. The summed E-state index contributed by atoms with van der Waals surface area (Å²) in [5.41, 5.74) is 0. The highest BCUT2D eigenvalue weighted by atomic mass is 35.5. The molecule has 1 aliphatic heterocycles. The summed E-state index contributed by atoms with van der Waals surface area (Å²) in [7, 11) is 1.67. The lowest BCUT2D eigenvalue weighted by molar-refractivity contribution is -0.140. The average molecular weight is 417 g/mol. The van der Waals surface area contributed by atoms with Crippen LogP contribution < -0.4 is 15.4 Å². The minimum absolute atomic E-state index is 0.0188. The molecule has 1 heterocycles. The third kappa shape index (κ3) is 3.83. The fraction of sp³-hybridized carbons (Fsp3) is 0.476. The second kappa shape index (κ2) is 8.45. The number of aliphatic imine (C=N–C) groups is 1. The molecule has 1 aromatic carbocycles. The Morgan fingerprint density at radius 3 is 2.45 bits per heavy atom. The predicted octanol–water partition coefficient (Wildman–Crippen LogP) is 1.69. The van der Waals surface area contributed by atoms with Gasteiger partial charge in [0.2, 0.25) is 11.8 Å². The van der Waals surface area contributed by atoms with E-state index in [-0.39, 0.29) is 35.5 Å². The number of carbonyl (C=O) groups excluding carboxylic acids is 2. The average Bonchev–Trinajstić information content (AvgIpc) is 3.40. The number of carbonyl (C=O) groups is 2. The molecule has 7 nitrogen and oxygen atoms in total.